The molecule has 112 valence electrons. The second-order valence-electron chi connectivity index (χ2n) is 5.00. The van der Waals surface area contributed by atoms with Crippen LogP contribution in [0.1, 0.15) is 19.4 Å². The van der Waals surface area contributed by atoms with Gasteiger partial charge in [0.15, 0.2) is 0 Å². The van der Waals surface area contributed by atoms with Crippen molar-refractivity contribution in [2.24, 2.45) is 0 Å². The van der Waals surface area contributed by atoms with E-state index < -0.39 is 5.82 Å². The number of halogens is 1. The standard InChI is InChI=1S/C15H18FN3O2/c1-10(2)18-12-6-15(20)19(17-8-12)9-11-4-5-13(21-3)7-14(11)16/h4-8,10,18H,9H2,1-3H3. The van der Waals surface area contributed by atoms with E-state index >= 15 is 0 Å². The Morgan fingerprint density at radius 1 is 1.38 bits per heavy atom. The van der Waals surface area contributed by atoms with Crippen molar-refractivity contribution < 1.29 is 9.13 Å². The third-order valence-electron chi connectivity index (χ3n) is 2.91. The number of nitrogens with zero attached hydrogens (tertiary/aromatic N) is 2. The van der Waals surface area contributed by atoms with E-state index in [9.17, 15) is 9.18 Å². The Bertz CT molecular complexity index is 683. The van der Waals surface area contributed by atoms with Crippen molar-refractivity contribution in [1.82, 2.24) is 9.78 Å². The minimum absolute atomic E-state index is 0.0800. The molecule has 5 nitrogen and oxygen atoms in total. The molecule has 1 aromatic heterocycles. The van der Waals surface area contributed by atoms with Gasteiger partial charge in [-0.25, -0.2) is 9.07 Å². The van der Waals surface area contributed by atoms with E-state index in [-0.39, 0.29) is 18.1 Å². The van der Waals surface area contributed by atoms with Crippen molar-refractivity contribution in [3.8, 4) is 5.75 Å². The molecule has 1 aromatic carbocycles. The Balaban J connectivity index is 2.22. The molecule has 0 aliphatic rings. The Morgan fingerprint density at radius 3 is 2.71 bits per heavy atom. The molecule has 0 saturated heterocycles. The minimum Gasteiger partial charge on any atom is -0.497 e. The summed E-state index contributed by atoms with van der Waals surface area (Å²) in [6.07, 6.45) is 1.56. The van der Waals surface area contributed by atoms with Crippen molar-refractivity contribution in [3.05, 3.63) is 52.2 Å². The van der Waals surface area contributed by atoms with Crippen LogP contribution >= 0.6 is 0 Å². The molecule has 0 unspecified atom stereocenters. The van der Waals surface area contributed by atoms with E-state index in [4.69, 9.17) is 4.74 Å². The number of hydrogen-bond acceptors (Lipinski definition) is 4. The lowest BCUT2D eigenvalue weighted by Crippen LogP contribution is -2.24. The summed E-state index contributed by atoms with van der Waals surface area (Å²) in [4.78, 5) is 12.0. The molecule has 0 radical (unpaired) electrons. The smallest absolute Gasteiger partial charge is 0.269 e. The van der Waals surface area contributed by atoms with Gasteiger partial charge in [0.05, 0.1) is 25.5 Å². The highest BCUT2D eigenvalue weighted by Crippen LogP contribution is 2.16. The predicted molar refractivity (Wildman–Crippen MR) is 79.3 cm³/mol. The first-order valence-corrected chi connectivity index (χ1v) is 6.65. The molecule has 2 aromatic rings. The monoisotopic (exact) mass is 291 g/mol. The maximum absolute atomic E-state index is 13.9. The molecular weight excluding hydrogens is 273 g/mol. The molecule has 0 aliphatic carbocycles. The van der Waals surface area contributed by atoms with Crippen LogP contribution in [0.5, 0.6) is 5.75 Å². The number of methoxy groups -OCH3 is 1. The van der Waals surface area contributed by atoms with Gasteiger partial charge in [0.25, 0.3) is 5.56 Å². The molecule has 0 saturated carbocycles. The lowest BCUT2D eigenvalue weighted by atomic mass is 10.2. The fraction of sp³-hybridized carbons (Fsp3) is 0.333. The van der Waals surface area contributed by atoms with Crippen molar-refractivity contribution in [1.29, 1.82) is 0 Å². The summed E-state index contributed by atoms with van der Waals surface area (Å²) >= 11 is 0. The SMILES string of the molecule is COc1ccc(Cn2ncc(NC(C)C)cc2=O)c(F)c1. The van der Waals surface area contributed by atoms with Gasteiger partial charge in [-0.15, -0.1) is 0 Å². The third-order valence-corrected chi connectivity index (χ3v) is 2.91. The molecule has 0 bridgehead atoms. The number of hydrogen-bond donors (Lipinski definition) is 1. The number of aromatic nitrogens is 2. The topological polar surface area (TPSA) is 56.1 Å². The van der Waals surface area contributed by atoms with Crippen molar-refractivity contribution in [3.63, 3.8) is 0 Å². The highest BCUT2D eigenvalue weighted by molar-refractivity contribution is 5.39. The van der Waals surface area contributed by atoms with Crippen molar-refractivity contribution in [2.75, 3.05) is 12.4 Å². The largest absolute Gasteiger partial charge is 0.497 e. The molecule has 2 rings (SSSR count). The van der Waals surface area contributed by atoms with Crippen LogP contribution in [0.4, 0.5) is 10.1 Å². The van der Waals surface area contributed by atoms with Crippen LogP contribution < -0.4 is 15.6 Å². The Hall–Kier alpha value is -2.37. The van der Waals surface area contributed by atoms with Gasteiger partial charge in [-0.05, 0) is 19.9 Å². The van der Waals surface area contributed by atoms with E-state index in [1.54, 1.807) is 18.3 Å². The quantitative estimate of drug-likeness (QED) is 0.918. The van der Waals surface area contributed by atoms with Crippen LogP contribution in [0.25, 0.3) is 0 Å². The van der Waals surface area contributed by atoms with Gasteiger partial charge in [-0.3, -0.25) is 4.79 Å². The molecule has 0 atom stereocenters. The minimum atomic E-state index is -0.424. The highest BCUT2D eigenvalue weighted by atomic mass is 19.1. The Labute approximate surface area is 122 Å². The predicted octanol–water partition coefficient (Wildman–Crippen LogP) is 2.26. The molecule has 21 heavy (non-hydrogen) atoms. The zero-order valence-corrected chi connectivity index (χ0v) is 12.3. The first-order valence-electron chi connectivity index (χ1n) is 6.65. The molecule has 0 fully saturated rings. The first kappa shape index (κ1) is 15.0. The van der Waals surface area contributed by atoms with E-state index in [0.29, 0.717) is 17.0 Å². The maximum Gasteiger partial charge on any atom is 0.269 e. The van der Waals surface area contributed by atoms with E-state index in [2.05, 4.69) is 10.4 Å². The molecule has 0 aliphatic heterocycles. The van der Waals surface area contributed by atoms with Crippen LogP contribution in [0.3, 0.4) is 0 Å². The van der Waals surface area contributed by atoms with Crippen LogP contribution in [-0.2, 0) is 6.54 Å². The average Bonchev–Trinajstić information content (AvgIpc) is 2.43. The molecule has 1 N–H and O–H groups in total. The zero-order valence-electron chi connectivity index (χ0n) is 12.3. The van der Waals surface area contributed by atoms with Gasteiger partial charge in [0.2, 0.25) is 0 Å². The van der Waals surface area contributed by atoms with Crippen molar-refractivity contribution in [2.45, 2.75) is 26.4 Å². The number of nitrogens with one attached hydrogen (secondary N) is 1. The molecule has 0 spiro atoms. The van der Waals surface area contributed by atoms with Gasteiger partial charge >= 0.3 is 0 Å². The maximum atomic E-state index is 13.9. The van der Waals surface area contributed by atoms with E-state index in [0.717, 1.165) is 0 Å². The lowest BCUT2D eigenvalue weighted by molar-refractivity contribution is 0.410. The summed E-state index contributed by atoms with van der Waals surface area (Å²) in [5.41, 5.74) is 0.757. The highest BCUT2D eigenvalue weighted by Gasteiger charge is 2.07. The first-order chi connectivity index (χ1) is 9.99. The van der Waals surface area contributed by atoms with Crippen LogP contribution in [0.2, 0.25) is 0 Å². The number of anilines is 1. The Morgan fingerprint density at radius 2 is 2.14 bits per heavy atom. The summed E-state index contributed by atoms with van der Waals surface area (Å²) < 4.78 is 20.0. The molecule has 6 heteroatoms. The van der Waals surface area contributed by atoms with E-state index in [1.807, 2.05) is 13.8 Å². The molecule has 1 heterocycles. The van der Waals surface area contributed by atoms with Gasteiger partial charge in [0.1, 0.15) is 11.6 Å². The molecular formula is C15H18FN3O2. The fourth-order valence-electron chi connectivity index (χ4n) is 1.91. The van der Waals surface area contributed by atoms with Gasteiger partial charge < -0.3 is 10.1 Å². The fourth-order valence-corrected chi connectivity index (χ4v) is 1.91. The third kappa shape index (κ3) is 3.81. The number of ether oxygens (including phenoxy) is 1. The van der Waals surface area contributed by atoms with E-state index in [1.165, 1.54) is 23.9 Å². The van der Waals surface area contributed by atoms with Gasteiger partial charge in [-0.2, -0.15) is 5.10 Å². The molecule has 0 amide bonds. The van der Waals surface area contributed by atoms with Crippen LogP contribution in [0.15, 0.2) is 35.3 Å². The number of benzene rings is 1. The summed E-state index contributed by atoms with van der Waals surface area (Å²) in [6.45, 7) is 4.02. The second-order valence-corrected chi connectivity index (χ2v) is 5.00. The average molecular weight is 291 g/mol. The Kier molecular flexibility index (Phi) is 4.57. The summed E-state index contributed by atoms with van der Waals surface area (Å²) in [7, 11) is 1.47. The van der Waals surface area contributed by atoms with Crippen LogP contribution in [0, 0.1) is 5.82 Å². The number of rotatable bonds is 5. The van der Waals surface area contributed by atoms with Gasteiger partial charge in [0, 0.05) is 23.7 Å². The lowest BCUT2D eigenvalue weighted by Gasteiger charge is -2.11. The normalized spacial score (nSPS) is 10.7. The summed E-state index contributed by atoms with van der Waals surface area (Å²) in [6, 6.07) is 6.19. The second kappa shape index (κ2) is 6.39. The van der Waals surface area contributed by atoms with Gasteiger partial charge in [-0.1, -0.05) is 6.07 Å². The summed E-state index contributed by atoms with van der Waals surface area (Å²) in [5, 5.41) is 7.15. The van der Waals surface area contributed by atoms with Crippen molar-refractivity contribution >= 4 is 5.69 Å². The summed E-state index contributed by atoms with van der Waals surface area (Å²) in [5.74, 6) is 0.0143. The van der Waals surface area contributed by atoms with Crippen LogP contribution in [-0.4, -0.2) is 22.9 Å². The zero-order chi connectivity index (χ0) is 15.4.